The van der Waals surface area contributed by atoms with Crippen molar-refractivity contribution in [2.45, 2.75) is 32.2 Å². The second-order valence-corrected chi connectivity index (χ2v) is 6.46. The van der Waals surface area contributed by atoms with E-state index >= 15 is 0 Å². The van der Waals surface area contributed by atoms with Gasteiger partial charge in [-0.25, -0.2) is 4.79 Å². The van der Waals surface area contributed by atoms with Gasteiger partial charge in [-0.15, -0.1) is 0 Å². The van der Waals surface area contributed by atoms with E-state index < -0.39 is 0 Å². The molecule has 1 aromatic heterocycles. The predicted octanol–water partition coefficient (Wildman–Crippen LogP) is 1.91. The van der Waals surface area contributed by atoms with Crippen LogP contribution >= 0.6 is 0 Å². The van der Waals surface area contributed by atoms with Gasteiger partial charge < -0.3 is 15.3 Å². The second kappa shape index (κ2) is 4.76. The number of hydrogen-bond donors (Lipinski definition) is 3. The third-order valence-electron chi connectivity index (χ3n) is 5.12. The average Bonchev–Trinajstić information content (AvgIpc) is 3.17. The maximum Gasteiger partial charge on any atom is 0.323 e. The number of hydrogen-bond acceptors (Lipinski definition) is 2. The van der Waals surface area contributed by atoms with Crippen molar-refractivity contribution in [1.29, 1.82) is 0 Å². The quantitative estimate of drug-likeness (QED) is 0.805. The summed E-state index contributed by atoms with van der Waals surface area (Å²) in [5.74, 6) is 1.81. The topological polar surface area (TPSA) is 77.8 Å². The van der Waals surface area contributed by atoms with Crippen LogP contribution in [0.25, 0.3) is 11.0 Å². The van der Waals surface area contributed by atoms with E-state index in [1.165, 1.54) is 19.3 Å². The Balaban J connectivity index is 1.43. The molecule has 2 aliphatic carbocycles. The Labute approximate surface area is 122 Å². The number of H-pyrrole nitrogens is 2. The van der Waals surface area contributed by atoms with Crippen LogP contribution in [-0.4, -0.2) is 15.9 Å². The van der Waals surface area contributed by atoms with E-state index in [1.54, 1.807) is 0 Å². The molecule has 5 heteroatoms. The number of benzene rings is 1. The van der Waals surface area contributed by atoms with E-state index in [-0.39, 0.29) is 17.5 Å². The molecule has 2 aliphatic rings. The minimum absolute atomic E-state index is 0.199. The number of rotatable bonds is 3. The molecule has 21 heavy (non-hydrogen) atoms. The number of imidazole rings is 1. The molecule has 3 N–H and O–H groups in total. The molecular weight excluding hydrogens is 266 g/mol. The standard InChI is InChI=1S/C16H19N3O2/c20-15(12-6-9-1-3-11(12)5-9)17-8-10-2-4-13-14(7-10)19-16(21)18-13/h2,4,7,9,11-12H,1,3,5-6,8H2,(H,17,20)(H2,18,19,21)/t9-,11-,12+/m0/s1. The number of aromatic amines is 2. The number of carbonyl (C=O) groups is 1. The van der Waals surface area contributed by atoms with E-state index in [4.69, 9.17) is 0 Å². The number of aromatic nitrogens is 2. The molecule has 3 atom stereocenters. The highest BCUT2D eigenvalue weighted by molar-refractivity contribution is 5.80. The second-order valence-electron chi connectivity index (χ2n) is 6.46. The molecule has 0 unspecified atom stereocenters. The summed E-state index contributed by atoms with van der Waals surface area (Å²) in [5.41, 5.74) is 2.39. The highest BCUT2D eigenvalue weighted by Gasteiger charge is 2.42. The van der Waals surface area contributed by atoms with Crippen molar-refractivity contribution in [3.8, 4) is 0 Å². The molecule has 2 aromatic rings. The van der Waals surface area contributed by atoms with Crippen LogP contribution in [0.15, 0.2) is 23.0 Å². The minimum Gasteiger partial charge on any atom is -0.352 e. The molecule has 5 nitrogen and oxygen atoms in total. The highest BCUT2D eigenvalue weighted by Crippen LogP contribution is 2.48. The summed E-state index contributed by atoms with van der Waals surface area (Å²) in [7, 11) is 0. The van der Waals surface area contributed by atoms with E-state index in [1.807, 2.05) is 18.2 Å². The molecule has 0 radical (unpaired) electrons. The summed E-state index contributed by atoms with van der Waals surface area (Å²) in [6.45, 7) is 0.524. The van der Waals surface area contributed by atoms with Gasteiger partial charge in [-0.05, 0) is 48.8 Å². The molecule has 0 saturated heterocycles. The first-order valence-corrected chi connectivity index (χ1v) is 7.67. The summed E-state index contributed by atoms with van der Waals surface area (Å²) in [6, 6.07) is 5.72. The van der Waals surface area contributed by atoms with Gasteiger partial charge in [-0.1, -0.05) is 12.5 Å². The van der Waals surface area contributed by atoms with Gasteiger partial charge in [0.1, 0.15) is 0 Å². The van der Waals surface area contributed by atoms with Crippen molar-refractivity contribution >= 4 is 16.9 Å². The maximum absolute atomic E-state index is 12.3. The van der Waals surface area contributed by atoms with Gasteiger partial charge in [0.05, 0.1) is 11.0 Å². The summed E-state index contributed by atoms with van der Waals surface area (Å²) >= 11 is 0. The molecule has 0 spiro atoms. The Bertz CT molecular complexity index is 745. The zero-order valence-corrected chi connectivity index (χ0v) is 11.8. The van der Waals surface area contributed by atoms with Crippen molar-refractivity contribution in [1.82, 2.24) is 15.3 Å². The normalized spacial score (nSPS) is 27.3. The zero-order valence-electron chi connectivity index (χ0n) is 11.8. The van der Waals surface area contributed by atoms with Gasteiger partial charge in [0.25, 0.3) is 0 Å². The third-order valence-corrected chi connectivity index (χ3v) is 5.12. The number of carbonyl (C=O) groups excluding carboxylic acids is 1. The van der Waals surface area contributed by atoms with Gasteiger partial charge in [0, 0.05) is 12.5 Å². The van der Waals surface area contributed by atoms with Crippen molar-refractivity contribution < 1.29 is 4.79 Å². The minimum atomic E-state index is -0.201. The van der Waals surface area contributed by atoms with Crippen molar-refractivity contribution in [2.24, 2.45) is 17.8 Å². The molecule has 1 aromatic carbocycles. The van der Waals surface area contributed by atoms with E-state index in [0.717, 1.165) is 28.9 Å². The lowest BCUT2D eigenvalue weighted by atomic mass is 9.88. The average molecular weight is 285 g/mol. The summed E-state index contributed by atoms with van der Waals surface area (Å²) in [6.07, 6.45) is 4.85. The van der Waals surface area contributed by atoms with Gasteiger partial charge in [0.15, 0.2) is 0 Å². The summed E-state index contributed by atoms with van der Waals surface area (Å²) in [4.78, 5) is 29.0. The largest absolute Gasteiger partial charge is 0.352 e. The van der Waals surface area contributed by atoms with Crippen molar-refractivity contribution in [2.75, 3.05) is 0 Å². The van der Waals surface area contributed by atoms with E-state index in [0.29, 0.717) is 12.5 Å². The van der Waals surface area contributed by atoms with E-state index in [9.17, 15) is 9.59 Å². The molecular formula is C16H19N3O2. The lowest BCUT2D eigenvalue weighted by molar-refractivity contribution is -0.126. The molecule has 110 valence electrons. The SMILES string of the molecule is O=C(NCc1ccc2[nH]c(=O)[nH]c2c1)[C@@H]1C[C@H]2CC[C@H]1C2. The van der Waals surface area contributed by atoms with Crippen LogP contribution in [0, 0.1) is 17.8 Å². The van der Waals surface area contributed by atoms with Gasteiger partial charge in [0.2, 0.25) is 5.91 Å². The zero-order chi connectivity index (χ0) is 14.4. The van der Waals surface area contributed by atoms with Crippen LogP contribution in [0.4, 0.5) is 0 Å². The van der Waals surface area contributed by atoms with Crippen LogP contribution in [0.5, 0.6) is 0 Å². The van der Waals surface area contributed by atoms with Crippen LogP contribution in [0.3, 0.4) is 0 Å². The summed E-state index contributed by atoms with van der Waals surface area (Å²) < 4.78 is 0. The Morgan fingerprint density at radius 1 is 1.19 bits per heavy atom. The monoisotopic (exact) mass is 285 g/mol. The smallest absolute Gasteiger partial charge is 0.323 e. The Morgan fingerprint density at radius 3 is 2.81 bits per heavy atom. The molecule has 2 bridgehead atoms. The highest BCUT2D eigenvalue weighted by atomic mass is 16.2. The first kappa shape index (κ1) is 12.7. The Morgan fingerprint density at radius 2 is 2.05 bits per heavy atom. The van der Waals surface area contributed by atoms with Crippen LogP contribution in [-0.2, 0) is 11.3 Å². The molecule has 1 amide bonds. The fourth-order valence-electron chi connectivity index (χ4n) is 4.08. The lowest BCUT2D eigenvalue weighted by Crippen LogP contribution is -2.33. The molecule has 1 heterocycles. The Kier molecular flexibility index (Phi) is 2.87. The number of fused-ring (bicyclic) bond motifs is 3. The van der Waals surface area contributed by atoms with Gasteiger partial charge in [-0.2, -0.15) is 0 Å². The van der Waals surface area contributed by atoms with Crippen LogP contribution in [0.1, 0.15) is 31.2 Å². The fraction of sp³-hybridized carbons (Fsp3) is 0.500. The molecule has 2 fully saturated rings. The first-order chi connectivity index (χ1) is 10.2. The molecule has 4 rings (SSSR count). The number of amides is 1. The fourth-order valence-corrected chi connectivity index (χ4v) is 4.08. The van der Waals surface area contributed by atoms with E-state index in [2.05, 4.69) is 15.3 Å². The number of nitrogens with one attached hydrogen (secondary N) is 3. The summed E-state index contributed by atoms with van der Waals surface area (Å²) in [5, 5.41) is 3.06. The van der Waals surface area contributed by atoms with Crippen LogP contribution < -0.4 is 11.0 Å². The Hall–Kier alpha value is -2.04. The van der Waals surface area contributed by atoms with Crippen LogP contribution in [0.2, 0.25) is 0 Å². The van der Waals surface area contributed by atoms with Gasteiger partial charge in [-0.3, -0.25) is 4.79 Å². The molecule has 2 saturated carbocycles. The first-order valence-electron chi connectivity index (χ1n) is 7.67. The van der Waals surface area contributed by atoms with Crippen molar-refractivity contribution in [3.63, 3.8) is 0 Å². The third kappa shape index (κ3) is 2.26. The molecule has 0 aliphatic heterocycles. The van der Waals surface area contributed by atoms with Gasteiger partial charge >= 0.3 is 5.69 Å². The van der Waals surface area contributed by atoms with Crippen molar-refractivity contribution in [3.05, 3.63) is 34.2 Å². The predicted molar refractivity (Wildman–Crippen MR) is 79.7 cm³/mol. The maximum atomic E-state index is 12.3. The lowest BCUT2D eigenvalue weighted by Gasteiger charge is -2.20.